The van der Waals surface area contributed by atoms with E-state index in [-0.39, 0.29) is 17.5 Å². The Morgan fingerprint density at radius 3 is 2.14 bits per heavy atom. The molecule has 0 atom stereocenters. The number of rotatable bonds is 3. The van der Waals surface area contributed by atoms with Crippen LogP contribution in [0, 0.1) is 5.41 Å². The van der Waals surface area contributed by atoms with Crippen LogP contribution in [0.25, 0.3) is 0 Å². The molecule has 0 saturated heterocycles. The monoisotopic (exact) mass is 200 g/mol. The van der Waals surface area contributed by atoms with Gasteiger partial charge >= 0.3 is 5.97 Å². The second kappa shape index (κ2) is 6.05. The molecule has 0 amide bonds. The molecule has 14 heavy (non-hydrogen) atoms. The first-order valence-corrected chi connectivity index (χ1v) is 5.77. The second-order valence-electron chi connectivity index (χ2n) is 4.20. The van der Waals surface area contributed by atoms with Gasteiger partial charge in [0.05, 0.1) is 5.41 Å². The zero-order valence-corrected chi connectivity index (χ0v) is 10.2. The largest absolute Gasteiger partial charge is 0.462 e. The average Bonchev–Trinajstić information content (AvgIpc) is 2.14. The van der Waals surface area contributed by atoms with Crippen molar-refractivity contribution in [2.75, 3.05) is 0 Å². The van der Waals surface area contributed by atoms with Gasteiger partial charge in [-0.3, -0.25) is 4.79 Å². The quantitative estimate of drug-likeness (QED) is 0.651. The van der Waals surface area contributed by atoms with E-state index in [1.165, 1.54) is 6.42 Å². The lowest BCUT2D eigenvalue weighted by atomic mass is 9.89. The summed E-state index contributed by atoms with van der Waals surface area (Å²) >= 11 is 0. The van der Waals surface area contributed by atoms with Crippen molar-refractivity contribution in [1.29, 1.82) is 0 Å². The molecular weight excluding hydrogens is 176 g/mol. The van der Waals surface area contributed by atoms with Crippen LogP contribution in [0.4, 0.5) is 0 Å². The molecule has 0 bridgehead atoms. The first-order valence-electron chi connectivity index (χ1n) is 5.77. The van der Waals surface area contributed by atoms with Gasteiger partial charge in [0.15, 0.2) is 0 Å². The normalized spacial score (nSPS) is 16.4. The zero-order valence-electron chi connectivity index (χ0n) is 10.2. The summed E-state index contributed by atoms with van der Waals surface area (Å²) in [6, 6.07) is 0. The van der Waals surface area contributed by atoms with Crippen LogP contribution in [0.2, 0.25) is 0 Å². The Kier molecular flexibility index (Phi) is 5.82. The number of esters is 1. The van der Waals surface area contributed by atoms with Crippen molar-refractivity contribution in [2.24, 2.45) is 5.41 Å². The summed E-state index contributed by atoms with van der Waals surface area (Å²) in [4.78, 5) is 11.5. The van der Waals surface area contributed by atoms with E-state index in [1.54, 1.807) is 0 Å². The molecule has 0 spiro atoms. The van der Waals surface area contributed by atoms with E-state index in [2.05, 4.69) is 0 Å². The van der Waals surface area contributed by atoms with E-state index >= 15 is 0 Å². The molecule has 1 rings (SSSR count). The predicted molar refractivity (Wildman–Crippen MR) is 59.2 cm³/mol. The lowest BCUT2D eigenvalue weighted by molar-refractivity contribution is -0.163. The highest BCUT2D eigenvalue weighted by Gasteiger charge is 2.31. The third-order valence-electron chi connectivity index (χ3n) is 2.76. The summed E-state index contributed by atoms with van der Waals surface area (Å²) in [6.45, 7) is 9.89. The Hall–Kier alpha value is -0.530. The van der Waals surface area contributed by atoms with Gasteiger partial charge in [-0.25, -0.2) is 0 Å². The Morgan fingerprint density at radius 2 is 1.86 bits per heavy atom. The Bertz CT molecular complexity index is 169. The van der Waals surface area contributed by atoms with Crippen molar-refractivity contribution in [1.82, 2.24) is 0 Å². The van der Waals surface area contributed by atoms with E-state index in [1.807, 2.05) is 34.6 Å². The molecule has 2 heteroatoms. The Balaban J connectivity index is 0.000000791. The van der Waals surface area contributed by atoms with Crippen molar-refractivity contribution in [2.45, 2.75) is 66.4 Å². The fraction of sp³-hybridized carbons (Fsp3) is 0.917. The summed E-state index contributed by atoms with van der Waals surface area (Å²) in [5, 5.41) is 0. The molecule has 0 radical (unpaired) electrons. The Morgan fingerprint density at radius 1 is 1.36 bits per heavy atom. The molecule has 1 saturated carbocycles. The van der Waals surface area contributed by atoms with Gasteiger partial charge in [-0.05, 0) is 39.5 Å². The van der Waals surface area contributed by atoms with Gasteiger partial charge in [-0.1, -0.05) is 20.8 Å². The van der Waals surface area contributed by atoms with Crippen LogP contribution in [-0.2, 0) is 9.53 Å². The highest BCUT2D eigenvalue weighted by molar-refractivity contribution is 5.76. The maximum Gasteiger partial charge on any atom is 0.311 e. The third kappa shape index (κ3) is 3.69. The van der Waals surface area contributed by atoms with Crippen LogP contribution < -0.4 is 0 Å². The second-order valence-corrected chi connectivity index (χ2v) is 4.20. The van der Waals surface area contributed by atoms with E-state index in [0.29, 0.717) is 0 Å². The topological polar surface area (TPSA) is 26.3 Å². The molecule has 2 nitrogen and oxygen atoms in total. The molecule has 1 fully saturated rings. The summed E-state index contributed by atoms with van der Waals surface area (Å²) in [5.74, 6) is -0.0327. The smallest absolute Gasteiger partial charge is 0.311 e. The van der Waals surface area contributed by atoms with Gasteiger partial charge in [0.2, 0.25) is 0 Å². The van der Waals surface area contributed by atoms with E-state index in [4.69, 9.17) is 4.74 Å². The van der Waals surface area contributed by atoms with Crippen LogP contribution in [0.1, 0.15) is 60.3 Å². The van der Waals surface area contributed by atoms with Gasteiger partial charge in [0.25, 0.3) is 0 Å². The number of hydrogen-bond acceptors (Lipinski definition) is 2. The van der Waals surface area contributed by atoms with Gasteiger partial charge < -0.3 is 4.74 Å². The molecule has 1 aliphatic rings. The maximum atomic E-state index is 11.5. The third-order valence-corrected chi connectivity index (χ3v) is 2.76. The fourth-order valence-electron chi connectivity index (χ4n) is 0.944. The van der Waals surface area contributed by atoms with Crippen molar-refractivity contribution in [3.05, 3.63) is 0 Å². The number of carbonyl (C=O) groups excluding carboxylic acids is 1. The standard InChI is InChI=1S/C10H18O2.C2H6/c1-4-10(2,3)9(11)12-8-6-5-7-8;1-2/h8H,4-7H2,1-3H3;1-2H3. The van der Waals surface area contributed by atoms with Crippen molar-refractivity contribution in [3.8, 4) is 0 Å². The Labute approximate surface area is 88.0 Å². The fourth-order valence-corrected chi connectivity index (χ4v) is 0.944. The summed E-state index contributed by atoms with van der Waals surface area (Å²) in [7, 11) is 0. The lowest BCUT2D eigenvalue weighted by Crippen LogP contribution is -2.33. The highest BCUT2D eigenvalue weighted by Crippen LogP contribution is 2.27. The van der Waals surface area contributed by atoms with Crippen LogP contribution >= 0.6 is 0 Å². The molecule has 0 aromatic heterocycles. The molecule has 0 unspecified atom stereocenters. The molecule has 0 heterocycles. The molecule has 84 valence electrons. The van der Waals surface area contributed by atoms with Crippen LogP contribution in [0.15, 0.2) is 0 Å². The molecular formula is C12H24O2. The molecule has 0 aliphatic heterocycles. The predicted octanol–water partition coefficient (Wildman–Crippen LogP) is 3.54. The summed E-state index contributed by atoms with van der Waals surface area (Å²) < 4.78 is 5.30. The molecule has 0 aromatic carbocycles. The summed E-state index contributed by atoms with van der Waals surface area (Å²) in [6.07, 6.45) is 4.41. The van der Waals surface area contributed by atoms with Gasteiger partial charge in [-0.15, -0.1) is 0 Å². The van der Waals surface area contributed by atoms with E-state index in [9.17, 15) is 4.79 Å². The number of hydrogen-bond donors (Lipinski definition) is 0. The van der Waals surface area contributed by atoms with Crippen molar-refractivity contribution >= 4 is 5.97 Å². The zero-order chi connectivity index (χ0) is 11.2. The first-order chi connectivity index (χ1) is 6.56. The minimum atomic E-state index is -0.296. The maximum absolute atomic E-state index is 11.5. The number of carbonyl (C=O) groups is 1. The van der Waals surface area contributed by atoms with Crippen molar-refractivity contribution < 1.29 is 9.53 Å². The van der Waals surface area contributed by atoms with Crippen LogP contribution in [-0.4, -0.2) is 12.1 Å². The van der Waals surface area contributed by atoms with Gasteiger partial charge in [0.1, 0.15) is 6.10 Å². The van der Waals surface area contributed by atoms with Crippen LogP contribution in [0.5, 0.6) is 0 Å². The summed E-state index contributed by atoms with van der Waals surface area (Å²) in [5.41, 5.74) is -0.296. The molecule has 1 aliphatic carbocycles. The van der Waals surface area contributed by atoms with Crippen LogP contribution in [0.3, 0.4) is 0 Å². The first kappa shape index (κ1) is 13.5. The van der Waals surface area contributed by atoms with Gasteiger partial charge in [0, 0.05) is 0 Å². The van der Waals surface area contributed by atoms with E-state index < -0.39 is 0 Å². The highest BCUT2D eigenvalue weighted by atomic mass is 16.5. The minimum Gasteiger partial charge on any atom is -0.462 e. The van der Waals surface area contributed by atoms with Crippen molar-refractivity contribution in [3.63, 3.8) is 0 Å². The SMILES string of the molecule is CC.CCC(C)(C)C(=O)OC1CCC1. The number of ether oxygens (including phenoxy) is 1. The average molecular weight is 200 g/mol. The van der Waals surface area contributed by atoms with E-state index in [0.717, 1.165) is 19.3 Å². The molecule has 0 aromatic rings. The lowest BCUT2D eigenvalue weighted by Gasteiger charge is -2.29. The molecule has 0 N–H and O–H groups in total. The van der Waals surface area contributed by atoms with Gasteiger partial charge in [-0.2, -0.15) is 0 Å². The minimum absolute atomic E-state index is 0.0327.